The number of carbonyl (C=O) groups is 1. The van der Waals surface area contributed by atoms with Crippen LogP contribution in [0, 0.1) is 5.82 Å². The molecule has 0 atom stereocenters. The van der Waals surface area contributed by atoms with Gasteiger partial charge >= 0.3 is 0 Å². The van der Waals surface area contributed by atoms with E-state index >= 15 is 0 Å². The molecule has 8 nitrogen and oxygen atoms in total. The van der Waals surface area contributed by atoms with Gasteiger partial charge in [-0.1, -0.05) is 26.0 Å². The van der Waals surface area contributed by atoms with Gasteiger partial charge in [0.1, 0.15) is 18.3 Å². The zero-order valence-corrected chi connectivity index (χ0v) is 18.1. The van der Waals surface area contributed by atoms with Crippen LogP contribution in [0.4, 0.5) is 10.1 Å². The molecule has 3 rings (SSSR count). The Hall–Kier alpha value is -3.11. The van der Waals surface area contributed by atoms with E-state index in [9.17, 15) is 17.6 Å². The SMILES string of the molecule is CCN(CC)S(=O)(=O)c1ccc(CCC(=O)Nc2ccc(-n3cncn3)c(F)c2)cc1. The molecule has 10 heteroatoms. The third kappa shape index (κ3) is 5.33. The highest BCUT2D eigenvalue weighted by molar-refractivity contribution is 7.89. The van der Waals surface area contributed by atoms with Crippen LogP contribution in [0.25, 0.3) is 5.69 Å². The van der Waals surface area contributed by atoms with Crippen molar-refractivity contribution in [2.75, 3.05) is 18.4 Å². The van der Waals surface area contributed by atoms with Crippen molar-refractivity contribution in [1.82, 2.24) is 19.1 Å². The molecule has 1 heterocycles. The highest BCUT2D eigenvalue weighted by Crippen LogP contribution is 2.19. The Labute approximate surface area is 180 Å². The second-order valence-electron chi connectivity index (χ2n) is 6.79. The van der Waals surface area contributed by atoms with Gasteiger partial charge in [0, 0.05) is 25.2 Å². The Kier molecular flexibility index (Phi) is 7.13. The van der Waals surface area contributed by atoms with Crippen molar-refractivity contribution in [2.24, 2.45) is 0 Å². The lowest BCUT2D eigenvalue weighted by molar-refractivity contribution is -0.116. The van der Waals surface area contributed by atoms with Crippen LogP contribution < -0.4 is 5.32 Å². The molecule has 0 bridgehead atoms. The van der Waals surface area contributed by atoms with Gasteiger partial charge in [0.25, 0.3) is 0 Å². The van der Waals surface area contributed by atoms with E-state index in [1.807, 2.05) is 0 Å². The van der Waals surface area contributed by atoms with Gasteiger partial charge in [-0.25, -0.2) is 22.5 Å². The fraction of sp³-hybridized carbons (Fsp3) is 0.286. The van der Waals surface area contributed by atoms with Gasteiger partial charge < -0.3 is 5.32 Å². The number of benzene rings is 2. The van der Waals surface area contributed by atoms with Crippen LogP contribution >= 0.6 is 0 Å². The Bertz CT molecular complexity index is 1130. The maximum atomic E-state index is 14.3. The van der Waals surface area contributed by atoms with Gasteiger partial charge in [-0.05, 0) is 42.3 Å². The lowest BCUT2D eigenvalue weighted by Gasteiger charge is -2.18. The van der Waals surface area contributed by atoms with Gasteiger partial charge in [-0.3, -0.25) is 4.79 Å². The number of amides is 1. The van der Waals surface area contributed by atoms with Gasteiger partial charge in [-0.15, -0.1) is 0 Å². The van der Waals surface area contributed by atoms with Crippen LogP contribution in [0.1, 0.15) is 25.8 Å². The molecule has 0 saturated carbocycles. The van der Waals surface area contributed by atoms with Gasteiger partial charge in [0.2, 0.25) is 15.9 Å². The van der Waals surface area contributed by atoms with Crippen LogP contribution in [0.5, 0.6) is 0 Å². The van der Waals surface area contributed by atoms with E-state index in [0.717, 1.165) is 5.56 Å². The summed E-state index contributed by atoms with van der Waals surface area (Å²) < 4.78 is 42.0. The van der Waals surface area contributed by atoms with E-state index in [1.54, 1.807) is 44.2 Å². The predicted octanol–water partition coefficient (Wildman–Crippen LogP) is 3.01. The number of aryl methyl sites for hydroxylation is 1. The maximum Gasteiger partial charge on any atom is 0.243 e. The minimum Gasteiger partial charge on any atom is -0.326 e. The zero-order valence-electron chi connectivity index (χ0n) is 17.3. The van der Waals surface area contributed by atoms with E-state index in [4.69, 9.17) is 0 Å². The molecule has 1 amide bonds. The molecule has 0 aliphatic carbocycles. The molecule has 0 saturated heterocycles. The van der Waals surface area contributed by atoms with Crippen LogP contribution in [0.15, 0.2) is 60.0 Å². The van der Waals surface area contributed by atoms with E-state index in [-0.39, 0.29) is 22.9 Å². The smallest absolute Gasteiger partial charge is 0.243 e. The number of halogens is 1. The molecule has 0 unspecified atom stereocenters. The van der Waals surface area contributed by atoms with Crippen molar-refractivity contribution in [3.05, 3.63) is 66.5 Å². The second kappa shape index (κ2) is 9.80. The first kappa shape index (κ1) is 22.6. The summed E-state index contributed by atoms with van der Waals surface area (Å²) in [5, 5.41) is 6.54. The van der Waals surface area contributed by atoms with Crippen molar-refractivity contribution >= 4 is 21.6 Å². The first-order chi connectivity index (χ1) is 14.8. The van der Waals surface area contributed by atoms with Crippen molar-refractivity contribution in [3.8, 4) is 5.69 Å². The number of sulfonamides is 1. The van der Waals surface area contributed by atoms with Crippen LogP contribution in [0.2, 0.25) is 0 Å². The number of nitrogens with zero attached hydrogens (tertiary/aromatic N) is 4. The van der Waals surface area contributed by atoms with E-state index in [1.165, 1.54) is 33.8 Å². The summed E-state index contributed by atoms with van der Waals surface area (Å²) in [6.45, 7) is 4.40. The van der Waals surface area contributed by atoms with Crippen molar-refractivity contribution in [3.63, 3.8) is 0 Å². The molecule has 31 heavy (non-hydrogen) atoms. The van der Waals surface area contributed by atoms with Crippen LogP contribution in [-0.2, 0) is 21.2 Å². The number of carbonyl (C=O) groups excluding carboxylic acids is 1. The highest BCUT2D eigenvalue weighted by Gasteiger charge is 2.21. The number of hydrogen-bond donors (Lipinski definition) is 1. The predicted molar refractivity (Wildman–Crippen MR) is 115 cm³/mol. The van der Waals surface area contributed by atoms with Crippen molar-refractivity contribution in [1.29, 1.82) is 0 Å². The maximum absolute atomic E-state index is 14.3. The average molecular weight is 446 g/mol. The van der Waals surface area contributed by atoms with E-state index < -0.39 is 15.8 Å². The summed E-state index contributed by atoms with van der Waals surface area (Å²) in [5.41, 5.74) is 1.41. The minimum absolute atomic E-state index is 0.175. The van der Waals surface area contributed by atoms with E-state index in [0.29, 0.717) is 25.2 Å². The summed E-state index contributed by atoms with van der Waals surface area (Å²) in [7, 11) is -3.51. The molecular weight excluding hydrogens is 421 g/mol. The first-order valence-corrected chi connectivity index (χ1v) is 11.3. The van der Waals surface area contributed by atoms with E-state index in [2.05, 4.69) is 15.4 Å². The Morgan fingerprint density at radius 1 is 1.13 bits per heavy atom. The molecule has 2 aromatic carbocycles. The van der Waals surface area contributed by atoms with Crippen LogP contribution in [-0.4, -0.2) is 46.5 Å². The first-order valence-electron chi connectivity index (χ1n) is 9.88. The lowest BCUT2D eigenvalue weighted by atomic mass is 10.1. The summed E-state index contributed by atoms with van der Waals surface area (Å²) >= 11 is 0. The third-order valence-electron chi connectivity index (χ3n) is 4.80. The molecule has 0 fully saturated rings. The average Bonchev–Trinajstić information content (AvgIpc) is 3.28. The summed E-state index contributed by atoms with van der Waals surface area (Å²) in [5.74, 6) is -0.805. The Morgan fingerprint density at radius 2 is 1.84 bits per heavy atom. The summed E-state index contributed by atoms with van der Waals surface area (Å²) in [6, 6.07) is 10.8. The third-order valence-corrected chi connectivity index (χ3v) is 6.87. The normalized spacial score (nSPS) is 11.6. The molecule has 0 spiro atoms. The van der Waals surface area contributed by atoms with Gasteiger partial charge in [-0.2, -0.15) is 9.40 Å². The van der Waals surface area contributed by atoms with Crippen molar-refractivity contribution < 1.29 is 17.6 Å². The fourth-order valence-electron chi connectivity index (χ4n) is 3.13. The quantitative estimate of drug-likeness (QED) is 0.546. The molecule has 0 aliphatic rings. The fourth-order valence-corrected chi connectivity index (χ4v) is 4.58. The molecule has 0 radical (unpaired) electrons. The number of rotatable bonds is 9. The number of anilines is 1. The molecule has 1 N–H and O–H groups in total. The highest BCUT2D eigenvalue weighted by atomic mass is 32.2. The van der Waals surface area contributed by atoms with Crippen LogP contribution in [0.3, 0.4) is 0 Å². The largest absolute Gasteiger partial charge is 0.326 e. The number of aromatic nitrogens is 3. The van der Waals surface area contributed by atoms with Gasteiger partial charge in [0.15, 0.2) is 5.82 Å². The molecule has 164 valence electrons. The molecular formula is C21H24FN5O3S. The summed E-state index contributed by atoms with van der Waals surface area (Å²) in [6.07, 6.45) is 3.29. The Balaban J connectivity index is 1.58. The lowest BCUT2D eigenvalue weighted by Crippen LogP contribution is -2.30. The Morgan fingerprint density at radius 3 is 2.42 bits per heavy atom. The summed E-state index contributed by atoms with van der Waals surface area (Å²) in [4.78, 5) is 16.2. The number of nitrogens with one attached hydrogen (secondary N) is 1. The van der Waals surface area contributed by atoms with Crippen molar-refractivity contribution in [2.45, 2.75) is 31.6 Å². The molecule has 1 aromatic heterocycles. The topological polar surface area (TPSA) is 97.2 Å². The molecule has 3 aromatic rings. The monoisotopic (exact) mass is 445 g/mol. The van der Waals surface area contributed by atoms with Gasteiger partial charge in [0.05, 0.1) is 4.90 Å². The number of hydrogen-bond acceptors (Lipinski definition) is 5. The minimum atomic E-state index is -3.51. The second-order valence-corrected chi connectivity index (χ2v) is 8.73. The zero-order chi connectivity index (χ0) is 22.4. The standard InChI is InChI=1S/C21H24FN5O3S/c1-3-26(4-2)31(29,30)18-9-5-16(6-10-18)7-12-21(28)25-17-8-11-20(19(22)13-17)27-15-23-14-24-27/h5-6,8-11,13-15H,3-4,7,12H2,1-2H3,(H,25,28). The molecule has 0 aliphatic heterocycles.